The minimum Gasteiger partial charge on any atom is -0.788 e. The predicted molar refractivity (Wildman–Crippen MR) is 37.7 cm³/mol. The molecular weight excluding hydrogens is 178 g/mol. The number of carbonyl (C=O) groups excluding carboxylic acids is 1. The van der Waals surface area contributed by atoms with Gasteiger partial charge in [0.1, 0.15) is 0 Å². The van der Waals surface area contributed by atoms with Crippen LogP contribution >= 0.6 is 7.57 Å². The van der Waals surface area contributed by atoms with Crippen molar-refractivity contribution in [3.05, 3.63) is 0 Å². The van der Waals surface area contributed by atoms with Crippen molar-refractivity contribution in [1.82, 2.24) is 0 Å². The number of hydrogen-bond donors (Lipinski definition) is 0. The maximum Gasteiger partial charge on any atom is 1.00 e. The second-order valence-corrected chi connectivity index (χ2v) is 3.71. The zero-order valence-corrected chi connectivity index (χ0v) is 10.1. The van der Waals surface area contributed by atoms with Crippen LogP contribution in [0, 0.1) is 0 Å². The summed E-state index contributed by atoms with van der Waals surface area (Å²) in [6.45, 7) is 1.28. The summed E-state index contributed by atoms with van der Waals surface area (Å²) in [5.74, 6) is 0.611. The minimum atomic E-state index is -3.21. The maximum absolute atomic E-state index is 11.0. The Kier molecular flexibility index (Phi) is 8.33. The van der Waals surface area contributed by atoms with Gasteiger partial charge in [0.2, 0.25) is 0 Å². The first-order chi connectivity index (χ1) is 4.54. The third kappa shape index (κ3) is 6.05. The van der Waals surface area contributed by atoms with Crippen molar-refractivity contribution in [1.29, 1.82) is 0 Å². The molecular formula is C5H10NaO4P. The molecule has 0 aromatic heterocycles. The molecule has 0 aromatic carbocycles. The van der Waals surface area contributed by atoms with E-state index in [1.165, 1.54) is 21.1 Å². The van der Waals surface area contributed by atoms with Gasteiger partial charge < -0.3 is 13.9 Å². The molecule has 0 amide bonds. The van der Waals surface area contributed by atoms with Crippen LogP contribution in [0.2, 0.25) is 0 Å². The van der Waals surface area contributed by atoms with Crippen molar-refractivity contribution < 1.29 is 48.3 Å². The standard InChI is InChI=1S/C5H11O4P.Na/c1-5(6)4-10(7,8-2)9-3;/h4H,1-3H3,(H,6,7);/q;+1/p-1. The quantitative estimate of drug-likeness (QED) is 0.345. The van der Waals surface area contributed by atoms with Gasteiger partial charge in [-0.1, -0.05) is 0 Å². The summed E-state index contributed by atoms with van der Waals surface area (Å²) in [5.41, 5.74) is 0. The Hall–Kier alpha value is 0.850. The van der Waals surface area contributed by atoms with Crippen LogP contribution in [0.1, 0.15) is 6.92 Å². The van der Waals surface area contributed by atoms with Crippen LogP contribution in [-0.2, 0) is 13.8 Å². The Morgan fingerprint density at radius 3 is 1.91 bits per heavy atom. The molecule has 0 aliphatic carbocycles. The van der Waals surface area contributed by atoms with E-state index in [4.69, 9.17) is 0 Å². The fourth-order valence-electron chi connectivity index (χ4n) is 0.403. The molecule has 0 aromatic rings. The van der Waals surface area contributed by atoms with E-state index in [2.05, 4.69) is 9.05 Å². The van der Waals surface area contributed by atoms with Crippen LogP contribution < -0.4 is 34.5 Å². The van der Waals surface area contributed by atoms with Crippen LogP contribution in [-0.4, -0.2) is 25.8 Å². The van der Waals surface area contributed by atoms with E-state index in [0.717, 1.165) is 5.80 Å². The molecule has 0 bridgehead atoms. The molecule has 0 atom stereocenters. The minimum absolute atomic E-state index is 0. The van der Waals surface area contributed by atoms with Crippen molar-refractivity contribution in [2.75, 3.05) is 14.2 Å². The van der Waals surface area contributed by atoms with Gasteiger partial charge in [0.15, 0.2) is 5.78 Å². The third-order valence-corrected chi connectivity index (χ3v) is 2.55. The van der Waals surface area contributed by atoms with Crippen molar-refractivity contribution >= 4 is 19.1 Å². The van der Waals surface area contributed by atoms with E-state index in [9.17, 15) is 9.69 Å². The molecule has 0 heterocycles. The molecule has 0 rings (SSSR count). The molecule has 60 valence electrons. The van der Waals surface area contributed by atoms with Gasteiger partial charge in [0.05, 0.1) is 7.57 Å². The van der Waals surface area contributed by atoms with Crippen LogP contribution in [0.5, 0.6) is 0 Å². The summed E-state index contributed by atoms with van der Waals surface area (Å²) in [6.07, 6.45) is 0. The second-order valence-electron chi connectivity index (χ2n) is 1.64. The first-order valence-corrected chi connectivity index (χ1v) is 4.23. The van der Waals surface area contributed by atoms with E-state index in [0.29, 0.717) is 0 Å². The third-order valence-electron chi connectivity index (χ3n) is 0.849. The molecule has 0 fully saturated rings. The molecule has 0 N–H and O–H groups in total. The fourth-order valence-corrected chi connectivity index (χ4v) is 1.21. The van der Waals surface area contributed by atoms with Crippen molar-refractivity contribution in [3.63, 3.8) is 0 Å². The van der Waals surface area contributed by atoms with Gasteiger partial charge in [0, 0.05) is 20.0 Å². The topological polar surface area (TPSA) is 58.6 Å². The summed E-state index contributed by atoms with van der Waals surface area (Å²) >= 11 is 0. The summed E-state index contributed by atoms with van der Waals surface area (Å²) in [6, 6.07) is 0. The molecule has 4 nitrogen and oxygen atoms in total. The molecule has 0 spiro atoms. The van der Waals surface area contributed by atoms with E-state index < -0.39 is 7.57 Å². The molecule has 0 aliphatic heterocycles. The first-order valence-electron chi connectivity index (χ1n) is 2.62. The van der Waals surface area contributed by atoms with Gasteiger partial charge in [-0.25, -0.2) is 0 Å². The zero-order chi connectivity index (χ0) is 8.20. The molecule has 0 aliphatic rings. The van der Waals surface area contributed by atoms with Gasteiger partial charge in [-0.05, 0) is 6.92 Å². The number of carbonyl (C=O) groups is 1. The van der Waals surface area contributed by atoms with Gasteiger partial charge in [-0.2, -0.15) is 0 Å². The summed E-state index contributed by atoms with van der Waals surface area (Å²) in [5, 5.41) is 0. The van der Waals surface area contributed by atoms with Crippen molar-refractivity contribution in [2.24, 2.45) is 0 Å². The molecule has 11 heavy (non-hydrogen) atoms. The Labute approximate surface area is 88.4 Å². The Bertz CT molecular complexity index is 171. The zero-order valence-electron chi connectivity index (χ0n) is 7.16. The Balaban J connectivity index is 0. The van der Waals surface area contributed by atoms with Crippen LogP contribution in [0.15, 0.2) is 0 Å². The van der Waals surface area contributed by atoms with E-state index in [-0.39, 0.29) is 35.3 Å². The molecule has 0 saturated carbocycles. The van der Waals surface area contributed by atoms with Crippen molar-refractivity contribution in [2.45, 2.75) is 6.92 Å². The van der Waals surface area contributed by atoms with Gasteiger partial charge in [0.25, 0.3) is 0 Å². The summed E-state index contributed by atoms with van der Waals surface area (Å²) in [7, 11) is -0.760. The van der Waals surface area contributed by atoms with E-state index in [1.807, 2.05) is 0 Å². The number of ketones is 1. The van der Waals surface area contributed by atoms with E-state index in [1.54, 1.807) is 0 Å². The molecule has 6 heteroatoms. The van der Waals surface area contributed by atoms with Crippen LogP contribution in [0.4, 0.5) is 0 Å². The number of hydrogen-bond acceptors (Lipinski definition) is 4. The van der Waals surface area contributed by atoms with Crippen LogP contribution in [0.3, 0.4) is 0 Å². The molecule has 0 saturated heterocycles. The predicted octanol–water partition coefficient (Wildman–Crippen LogP) is -3.20. The Morgan fingerprint density at radius 1 is 1.45 bits per heavy atom. The molecule has 0 unspecified atom stereocenters. The average molecular weight is 188 g/mol. The number of Topliss-reactive ketones (excluding diaryl/α,β-unsaturated/α-hetero) is 1. The second kappa shape index (κ2) is 6.38. The Morgan fingerprint density at radius 2 is 1.82 bits per heavy atom. The summed E-state index contributed by atoms with van der Waals surface area (Å²) < 4.78 is 8.91. The normalized spacial score (nSPS) is 10.2. The average Bonchev–Trinajstić information content (AvgIpc) is 1.87. The van der Waals surface area contributed by atoms with Gasteiger partial charge >= 0.3 is 29.6 Å². The number of rotatable bonds is 3. The van der Waals surface area contributed by atoms with E-state index >= 15 is 0 Å². The van der Waals surface area contributed by atoms with Crippen LogP contribution in [0.25, 0.3) is 0 Å². The first kappa shape index (κ1) is 14.4. The summed E-state index contributed by atoms with van der Waals surface area (Å²) in [4.78, 5) is 21.4. The molecule has 0 radical (unpaired) electrons. The maximum atomic E-state index is 11.0. The van der Waals surface area contributed by atoms with Crippen molar-refractivity contribution in [3.8, 4) is 0 Å². The van der Waals surface area contributed by atoms with Gasteiger partial charge in [-0.3, -0.25) is 4.79 Å². The monoisotopic (exact) mass is 188 g/mol. The van der Waals surface area contributed by atoms with Gasteiger partial charge in [-0.15, -0.1) is 0 Å². The fraction of sp³-hybridized carbons (Fsp3) is 0.600. The largest absolute Gasteiger partial charge is 1.00 e. The SMILES string of the molecule is COP([O-])(=CC(C)=O)OC.[Na+]. The smallest absolute Gasteiger partial charge is 0.788 e.